The molecule has 0 radical (unpaired) electrons. The van der Waals surface area contributed by atoms with Crippen LogP contribution >= 0.6 is 0 Å². The summed E-state index contributed by atoms with van der Waals surface area (Å²) in [7, 11) is 1.40. The average Bonchev–Trinajstić information content (AvgIpc) is 2.37. The predicted molar refractivity (Wildman–Crippen MR) is 65.1 cm³/mol. The largest absolute Gasteiger partial charge is 0.573 e. The topological polar surface area (TPSA) is 18.5 Å². The van der Waals surface area contributed by atoms with Gasteiger partial charge in [0.15, 0.2) is 0 Å². The van der Waals surface area contributed by atoms with E-state index >= 15 is 0 Å². The van der Waals surface area contributed by atoms with E-state index in [0.29, 0.717) is 11.3 Å². The van der Waals surface area contributed by atoms with Crippen LogP contribution in [-0.2, 0) is 0 Å². The van der Waals surface area contributed by atoms with Gasteiger partial charge in [-0.3, -0.25) is 0 Å². The predicted octanol–water partition coefficient (Wildman–Crippen LogP) is 4.26. The molecule has 0 bridgehead atoms. The minimum Gasteiger partial charge on any atom is -0.496 e. The molecule has 100 valence electrons. The van der Waals surface area contributed by atoms with Crippen molar-refractivity contribution >= 4 is 0 Å². The Morgan fingerprint density at radius 2 is 1.47 bits per heavy atom. The maximum absolute atomic E-state index is 12.4. The van der Waals surface area contributed by atoms with E-state index in [9.17, 15) is 13.2 Å². The molecule has 0 aliphatic carbocycles. The van der Waals surface area contributed by atoms with Gasteiger partial charge in [-0.15, -0.1) is 13.2 Å². The normalized spacial score (nSPS) is 11.2. The van der Waals surface area contributed by atoms with E-state index in [1.54, 1.807) is 36.4 Å². The number of halogens is 3. The summed E-state index contributed by atoms with van der Waals surface area (Å²) in [6.45, 7) is 0. The first-order chi connectivity index (χ1) is 9.01. The van der Waals surface area contributed by atoms with E-state index in [4.69, 9.17) is 4.74 Å². The minimum atomic E-state index is -4.74. The van der Waals surface area contributed by atoms with Crippen LogP contribution in [0.25, 0.3) is 11.1 Å². The summed E-state index contributed by atoms with van der Waals surface area (Å²) in [6.07, 6.45) is -4.74. The SMILES string of the molecule is COc1cccc(OC(F)(F)F)c1-c1ccccc1. The minimum absolute atomic E-state index is 0.280. The zero-order chi connectivity index (χ0) is 13.9. The third kappa shape index (κ3) is 3.19. The molecule has 5 heteroatoms. The Morgan fingerprint density at radius 3 is 2.05 bits per heavy atom. The Morgan fingerprint density at radius 1 is 0.842 bits per heavy atom. The summed E-state index contributed by atoms with van der Waals surface area (Å²) in [5.41, 5.74) is 0.877. The number of benzene rings is 2. The van der Waals surface area contributed by atoms with Gasteiger partial charge in [-0.25, -0.2) is 0 Å². The molecule has 2 nitrogen and oxygen atoms in total. The van der Waals surface area contributed by atoms with Crippen LogP contribution in [0.5, 0.6) is 11.5 Å². The maximum atomic E-state index is 12.4. The van der Waals surface area contributed by atoms with Crippen LogP contribution in [0.2, 0.25) is 0 Å². The molecule has 0 saturated heterocycles. The Labute approximate surface area is 108 Å². The van der Waals surface area contributed by atoms with E-state index in [1.807, 2.05) is 0 Å². The lowest BCUT2D eigenvalue weighted by Gasteiger charge is -2.16. The molecule has 2 rings (SSSR count). The molecule has 0 aliphatic rings. The number of ether oxygens (including phenoxy) is 2. The van der Waals surface area contributed by atoms with E-state index in [0.717, 1.165) is 0 Å². The molecule has 0 unspecified atom stereocenters. The first-order valence-corrected chi connectivity index (χ1v) is 5.49. The molecule has 0 amide bonds. The van der Waals surface area contributed by atoms with Crippen LogP contribution in [0.15, 0.2) is 48.5 Å². The third-order valence-electron chi connectivity index (χ3n) is 2.50. The zero-order valence-corrected chi connectivity index (χ0v) is 10.1. The highest BCUT2D eigenvalue weighted by Crippen LogP contribution is 2.40. The molecule has 0 spiro atoms. The van der Waals surface area contributed by atoms with Crippen molar-refractivity contribution in [2.24, 2.45) is 0 Å². The fourth-order valence-corrected chi connectivity index (χ4v) is 1.78. The second-order valence-corrected chi connectivity index (χ2v) is 3.75. The average molecular weight is 268 g/mol. The first-order valence-electron chi connectivity index (χ1n) is 5.49. The second kappa shape index (κ2) is 5.22. The number of alkyl halides is 3. The molecule has 0 fully saturated rings. The maximum Gasteiger partial charge on any atom is 0.573 e. The highest BCUT2D eigenvalue weighted by Gasteiger charge is 2.32. The molecular formula is C14H11F3O2. The monoisotopic (exact) mass is 268 g/mol. The number of rotatable bonds is 3. The van der Waals surface area contributed by atoms with Gasteiger partial charge in [-0.1, -0.05) is 36.4 Å². The van der Waals surface area contributed by atoms with Gasteiger partial charge in [0.05, 0.1) is 12.7 Å². The molecular weight excluding hydrogens is 257 g/mol. The smallest absolute Gasteiger partial charge is 0.496 e. The van der Waals surface area contributed by atoms with Gasteiger partial charge in [0.1, 0.15) is 11.5 Å². The van der Waals surface area contributed by atoms with Gasteiger partial charge in [-0.2, -0.15) is 0 Å². The van der Waals surface area contributed by atoms with Crippen LogP contribution in [0.4, 0.5) is 13.2 Å². The van der Waals surface area contributed by atoms with Crippen molar-refractivity contribution in [3.05, 3.63) is 48.5 Å². The summed E-state index contributed by atoms with van der Waals surface area (Å²) in [4.78, 5) is 0. The van der Waals surface area contributed by atoms with Crippen LogP contribution in [0, 0.1) is 0 Å². The van der Waals surface area contributed by atoms with Crippen molar-refractivity contribution in [1.82, 2.24) is 0 Å². The fraction of sp³-hybridized carbons (Fsp3) is 0.143. The fourth-order valence-electron chi connectivity index (χ4n) is 1.78. The lowest BCUT2D eigenvalue weighted by atomic mass is 10.0. The number of hydrogen-bond donors (Lipinski definition) is 0. The van der Waals surface area contributed by atoms with Gasteiger partial charge in [0.2, 0.25) is 0 Å². The van der Waals surface area contributed by atoms with E-state index in [1.165, 1.54) is 19.2 Å². The van der Waals surface area contributed by atoms with Crippen molar-refractivity contribution in [2.45, 2.75) is 6.36 Å². The third-order valence-corrected chi connectivity index (χ3v) is 2.50. The summed E-state index contributed by atoms with van der Waals surface area (Å²) in [6, 6.07) is 12.9. The van der Waals surface area contributed by atoms with Crippen molar-refractivity contribution < 1.29 is 22.6 Å². The van der Waals surface area contributed by atoms with Crippen LogP contribution in [0.3, 0.4) is 0 Å². The van der Waals surface area contributed by atoms with Crippen LogP contribution in [0.1, 0.15) is 0 Å². The van der Waals surface area contributed by atoms with Gasteiger partial charge in [-0.05, 0) is 17.7 Å². The molecule has 19 heavy (non-hydrogen) atoms. The Balaban J connectivity index is 2.56. The van der Waals surface area contributed by atoms with Crippen molar-refractivity contribution in [2.75, 3.05) is 7.11 Å². The molecule has 0 saturated carbocycles. The Bertz CT molecular complexity index is 550. The van der Waals surface area contributed by atoms with Crippen LogP contribution in [-0.4, -0.2) is 13.5 Å². The van der Waals surface area contributed by atoms with Gasteiger partial charge in [0.25, 0.3) is 0 Å². The summed E-state index contributed by atoms with van der Waals surface area (Å²) in [5.74, 6) is 0.0472. The molecule has 0 aliphatic heterocycles. The highest BCUT2D eigenvalue weighted by molar-refractivity contribution is 5.76. The van der Waals surface area contributed by atoms with E-state index < -0.39 is 6.36 Å². The van der Waals surface area contributed by atoms with Crippen molar-refractivity contribution in [1.29, 1.82) is 0 Å². The van der Waals surface area contributed by atoms with E-state index in [-0.39, 0.29) is 11.3 Å². The Hall–Kier alpha value is -2.17. The molecule has 0 atom stereocenters. The molecule has 0 aromatic heterocycles. The lowest BCUT2D eigenvalue weighted by molar-refractivity contribution is -0.274. The standard InChI is InChI=1S/C14H11F3O2/c1-18-11-8-5-9-12(19-14(15,16)17)13(11)10-6-3-2-4-7-10/h2-9H,1H3. The van der Waals surface area contributed by atoms with Gasteiger partial charge in [0, 0.05) is 0 Å². The molecule has 2 aromatic carbocycles. The second-order valence-electron chi connectivity index (χ2n) is 3.75. The number of methoxy groups -OCH3 is 1. The Kier molecular flexibility index (Phi) is 3.64. The zero-order valence-electron chi connectivity index (χ0n) is 10.1. The molecule has 0 N–H and O–H groups in total. The summed E-state index contributed by atoms with van der Waals surface area (Å²) < 4.78 is 46.4. The quantitative estimate of drug-likeness (QED) is 0.828. The van der Waals surface area contributed by atoms with Gasteiger partial charge >= 0.3 is 6.36 Å². The van der Waals surface area contributed by atoms with Crippen LogP contribution < -0.4 is 9.47 Å². The van der Waals surface area contributed by atoms with Crippen molar-refractivity contribution in [3.63, 3.8) is 0 Å². The number of hydrogen-bond acceptors (Lipinski definition) is 2. The highest BCUT2D eigenvalue weighted by atomic mass is 19.4. The van der Waals surface area contributed by atoms with Crippen molar-refractivity contribution in [3.8, 4) is 22.6 Å². The summed E-state index contributed by atoms with van der Waals surface area (Å²) >= 11 is 0. The summed E-state index contributed by atoms with van der Waals surface area (Å²) in [5, 5.41) is 0. The lowest BCUT2D eigenvalue weighted by Crippen LogP contribution is -2.17. The molecule has 2 aromatic rings. The van der Waals surface area contributed by atoms with Gasteiger partial charge < -0.3 is 9.47 Å². The first kappa shape index (κ1) is 13.3. The van der Waals surface area contributed by atoms with E-state index in [2.05, 4.69) is 4.74 Å². The molecule has 0 heterocycles.